The van der Waals surface area contributed by atoms with Crippen molar-refractivity contribution in [3.8, 4) is 0 Å². The molecule has 0 bridgehead atoms. The quantitative estimate of drug-likeness (QED) is 0.704. The molecule has 0 spiro atoms. The van der Waals surface area contributed by atoms with Crippen LogP contribution in [-0.2, 0) is 4.74 Å². The van der Waals surface area contributed by atoms with Crippen molar-refractivity contribution in [1.29, 1.82) is 0 Å². The van der Waals surface area contributed by atoms with Gasteiger partial charge >= 0.3 is 0 Å². The SMILES string of the molecule is CC1CCNCC1N1C[C@@H](C)O[C@@H](C)C1. The summed E-state index contributed by atoms with van der Waals surface area (Å²) in [6.45, 7) is 11.3. The molecule has 88 valence electrons. The third-order valence-electron chi connectivity index (χ3n) is 3.70. The number of morpholine rings is 1. The van der Waals surface area contributed by atoms with E-state index in [-0.39, 0.29) is 0 Å². The van der Waals surface area contributed by atoms with E-state index in [1.807, 2.05) is 0 Å². The van der Waals surface area contributed by atoms with Gasteiger partial charge in [-0.15, -0.1) is 0 Å². The lowest BCUT2D eigenvalue weighted by Crippen LogP contribution is -2.57. The molecule has 2 heterocycles. The number of nitrogens with zero attached hydrogens (tertiary/aromatic N) is 1. The first-order valence-corrected chi connectivity index (χ1v) is 6.27. The first kappa shape index (κ1) is 11.4. The maximum atomic E-state index is 5.78. The zero-order chi connectivity index (χ0) is 10.8. The minimum absolute atomic E-state index is 0.392. The monoisotopic (exact) mass is 212 g/mol. The molecule has 2 unspecified atom stereocenters. The van der Waals surface area contributed by atoms with E-state index in [0.717, 1.165) is 25.6 Å². The summed E-state index contributed by atoms with van der Waals surface area (Å²) in [5.41, 5.74) is 0. The van der Waals surface area contributed by atoms with Gasteiger partial charge in [0.15, 0.2) is 0 Å². The van der Waals surface area contributed by atoms with Gasteiger partial charge in [-0.05, 0) is 32.7 Å². The predicted octanol–water partition coefficient (Wildman–Crippen LogP) is 1.09. The Morgan fingerprint density at radius 3 is 2.40 bits per heavy atom. The standard InChI is InChI=1S/C12H24N2O/c1-9-4-5-13-6-12(9)14-7-10(2)15-11(3)8-14/h9-13H,4-8H2,1-3H3/t9?,10-,11+,12?. The van der Waals surface area contributed by atoms with Crippen LogP contribution in [0.5, 0.6) is 0 Å². The van der Waals surface area contributed by atoms with E-state index in [1.165, 1.54) is 13.0 Å². The lowest BCUT2D eigenvalue weighted by atomic mass is 9.92. The molecule has 2 saturated heterocycles. The van der Waals surface area contributed by atoms with Gasteiger partial charge in [0.25, 0.3) is 0 Å². The predicted molar refractivity (Wildman–Crippen MR) is 62.0 cm³/mol. The normalized spacial score (nSPS) is 44.2. The second-order valence-corrected chi connectivity index (χ2v) is 5.25. The number of hydrogen-bond acceptors (Lipinski definition) is 3. The Bertz CT molecular complexity index is 200. The van der Waals surface area contributed by atoms with E-state index < -0.39 is 0 Å². The molecule has 0 aliphatic carbocycles. The van der Waals surface area contributed by atoms with E-state index in [1.54, 1.807) is 0 Å². The highest BCUT2D eigenvalue weighted by molar-refractivity contribution is 4.87. The number of ether oxygens (including phenoxy) is 1. The molecule has 3 heteroatoms. The first-order chi connectivity index (χ1) is 7.16. The van der Waals surface area contributed by atoms with Crippen LogP contribution in [0.25, 0.3) is 0 Å². The molecule has 2 aliphatic heterocycles. The van der Waals surface area contributed by atoms with Crippen molar-refractivity contribution in [2.75, 3.05) is 26.2 Å². The second kappa shape index (κ2) is 4.81. The Balaban J connectivity index is 1.95. The first-order valence-electron chi connectivity index (χ1n) is 6.27. The van der Waals surface area contributed by atoms with Gasteiger partial charge in [-0.25, -0.2) is 0 Å². The molecule has 0 aromatic carbocycles. The Hall–Kier alpha value is -0.120. The third kappa shape index (κ3) is 2.71. The largest absolute Gasteiger partial charge is 0.373 e. The summed E-state index contributed by atoms with van der Waals surface area (Å²) in [6.07, 6.45) is 2.09. The molecule has 0 saturated carbocycles. The van der Waals surface area contributed by atoms with Crippen molar-refractivity contribution < 1.29 is 4.74 Å². The van der Waals surface area contributed by atoms with Gasteiger partial charge < -0.3 is 10.1 Å². The molecule has 0 radical (unpaired) electrons. The molecule has 2 rings (SSSR count). The van der Waals surface area contributed by atoms with Crippen molar-refractivity contribution >= 4 is 0 Å². The minimum atomic E-state index is 0.392. The second-order valence-electron chi connectivity index (χ2n) is 5.25. The molecule has 2 fully saturated rings. The fourth-order valence-corrected chi connectivity index (χ4v) is 2.95. The summed E-state index contributed by atoms with van der Waals surface area (Å²) in [6, 6.07) is 0.715. The molecule has 15 heavy (non-hydrogen) atoms. The lowest BCUT2D eigenvalue weighted by molar-refractivity contribution is -0.0882. The van der Waals surface area contributed by atoms with Crippen molar-refractivity contribution in [3.05, 3.63) is 0 Å². The van der Waals surface area contributed by atoms with Crippen LogP contribution < -0.4 is 5.32 Å². The van der Waals surface area contributed by atoms with E-state index in [2.05, 4.69) is 31.0 Å². The van der Waals surface area contributed by atoms with Crippen LogP contribution in [0.2, 0.25) is 0 Å². The molecule has 3 nitrogen and oxygen atoms in total. The third-order valence-corrected chi connectivity index (χ3v) is 3.70. The van der Waals surface area contributed by atoms with Gasteiger partial charge in [0.05, 0.1) is 12.2 Å². The molecule has 1 N–H and O–H groups in total. The van der Waals surface area contributed by atoms with E-state index in [4.69, 9.17) is 4.74 Å². The fraction of sp³-hybridized carbons (Fsp3) is 1.00. The van der Waals surface area contributed by atoms with E-state index in [0.29, 0.717) is 18.2 Å². The van der Waals surface area contributed by atoms with Crippen LogP contribution in [-0.4, -0.2) is 49.3 Å². The summed E-state index contributed by atoms with van der Waals surface area (Å²) < 4.78 is 5.78. The van der Waals surface area contributed by atoms with Crippen molar-refractivity contribution in [2.45, 2.75) is 45.4 Å². The van der Waals surface area contributed by atoms with Crippen LogP contribution in [0.15, 0.2) is 0 Å². The Labute approximate surface area is 93.2 Å². The molecule has 0 aromatic rings. The van der Waals surface area contributed by atoms with Crippen LogP contribution in [0.4, 0.5) is 0 Å². The summed E-state index contributed by atoms with van der Waals surface area (Å²) >= 11 is 0. The van der Waals surface area contributed by atoms with Gasteiger partial charge in [0.1, 0.15) is 0 Å². The molecule has 2 aliphatic rings. The van der Waals surface area contributed by atoms with Crippen LogP contribution in [0, 0.1) is 5.92 Å². The maximum absolute atomic E-state index is 5.78. The van der Waals surface area contributed by atoms with Gasteiger partial charge in [-0.1, -0.05) is 6.92 Å². The van der Waals surface area contributed by atoms with Crippen LogP contribution in [0.1, 0.15) is 27.2 Å². The zero-order valence-corrected chi connectivity index (χ0v) is 10.2. The minimum Gasteiger partial charge on any atom is -0.373 e. The van der Waals surface area contributed by atoms with E-state index in [9.17, 15) is 0 Å². The average Bonchev–Trinajstić information content (AvgIpc) is 2.16. The number of nitrogens with one attached hydrogen (secondary N) is 1. The smallest absolute Gasteiger partial charge is 0.0678 e. The summed E-state index contributed by atoms with van der Waals surface area (Å²) in [4.78, 5) is 2.62. The van der Waals surface area contributed by atoms with Crippen LogP contribution in [0.3, 0.4) is 0 Å². The summed E-state index contributed by atoms with van der Waals surface area (Å²) in [5, 5.41) is 3.51. The Morgan fingerprint density at radius 2 is 1.80 bits per heavy atom. The average molecular weight is 212 g/mol. The number of rotatable bonds is 1. The lowest BCUT2D eigenvalue weighted by Gasteiger charge is -2.44. The zero-order valence-electron chi connectivity index (χ0n) is 10.2. The highest BCUT2D eigenvalue weighted by atomic mass is 16.5. The number of piperidine rings is 1. The van der Waals surface area contributed by atoms with Gasteiger partial charge in [-0.2, -0.15) is 0 Å². The summed E-state index contributed by atoms with van der Waals surface area (Å²) in [7, 11) is 0. The van der Waals surface area contributed by atoms with Crippen molar-refractivity contribution in [2.24, 2.45) is 5.92 Å². The van der Waals surface area contributed by atoms with Gasteiger partial charge in [-0.3, -0.25) is 4.90 Å². The van der Waals surface area contributed by atoms with Crippen molar-refractivity contribution in [3.63, 3.8) is 0 Å². The Kier molecular flexibility index (Phi) is 3.65. The molecule has 0 aromatic heterocycles. The van der Waals surface area contributed by atoms with Gasteiger partial charge in [0.2, 0.25) is 0 Å². The van der Waals surface area contributed by atoms with Crippen LogP contribution >= 0.6 is 0 Å². The fourth-order valence-electron chi connectivity index (χ4n) is 2.95. The topological polar surface area (TPSA) is 24.5 Å². The maximum Gasteiger partial charge on any atom is 0.0678 e. The molecular weight excluding hydrogens is 188 g/mol. The molecular formula is C12H24N2O. The summed E-state index contributed by atoms with van der Waals surface area (Å²) in [5.74, 6) is 0.823. The van der Waals surface area contributed by atoms with E-state index >= 15 is 0 Å². The highest BCUT2D eigenvalue weighted by Gasteiger charge is 2.32. The van der Waals surface area contributed by atoms with Gasteiger partial charge in [0, 0.05) is 25.7 Å². The highest BCUT2D eigenvalue weighted by Crippen LogP contribution is 2.21. The molecule has 4 atom stereocenters. The Morgan fingerprint density at radius 1 is 1.13 bits per heavy atom. The van der Waals surface area contributed by atoms with Crippen molar-refractivity contribution in [1.82, 2.24) is 10.2 Å². The molecule has 0 amide bonds. The number of hydrogen-bond donors (Lipinski definition) is 1.